The Hall–Kier alpha value is -2.14. The van der Waals surface area contributed by atoms with E-state index in [0.717, 1.165) is 11.1 Å². The van der Waals surface area contributed by atoms with E-state index >= 15 is 0 Å². The molecule has 2 rings (SSSR count). The second-order valence-corrected chi connectivity index (χ2v) is 2.80. The normalized spacial score (nSPS) is 9.36. The van der Waals surface area contributed by atoms with Gasteiger partial charge in [-0.2, -0.15) is 0 Å². The lowest BCUT2D eigenvalue weighted by molar-refractivity contribution is 1.18. The van der Waals surface area contributed by atoms with Gasteiger partial charge in [0, 0.05) is 23.5 Å². The van der Waals surface area contributed by atoms with E-state index in [2.05, 4.69) is 15.9 Å². The molecule has 14 heavy (non-hydrogen) atoms. The Morgan fingerprint density at radius 2 is 1.86 bits per heavy atom. The summed E-state index contributed by atoms with van der Waals surface area (Å²) in [6.45, 7) is 0. The number of benzene rings is 1. The summed E-state index contributed by atoms with van der Waals surface area (Å²) in [4.78, 5) is 8.29. The zero-order valence-electron chi connectivity index (χ0n) is 7.51. The minimum absolute atomic E-state index is 0.699. The second-order valence-electron chi connectivity index (χ2n) is 2.80. The van der Waals surface area contributed by atoms with E-state index in [1.807, 2.05) is 24.3 Å². The third-order valence-corrected chi connectivity index (χ3v) is 1.85. The Kier molecular flexibility index (Phi) is 2.24. The van der Waals surface area contributed by atoms with Gasteiger partial charge in [-0.1, -0.05) is 18.1 Å². The van der Waals surface area contributed by atoms with Crippen molar-refractivity contribution in [1.82, 2.24) is 9.97 Å². The fourth-order valence-corrected chi connectivity index (χ4v) is 1.20. The summed E-state index contributed by atoms with van der Waals surface area (Å²) in [6.07, 6.45) is 8.73. The Balaban J connectivity index is 2.49. The van der Waals surface area contributed by atoms with E-state index in [1.165, 1.54) is 0 Å². The van der Waals surface area contributed by atoms with Gasteiger partial charge in [-0.05, 0) is 18.2 Å². The van der Waals surface area contributed by atoms with E-state index in [4.69, 9.17) is 6.42 Å². The predicted octanol–water partition coefficient (Wildman–Crippen LogP) is 2.12. The van der Waals surface area contributed by atoms with Crippen molar-refractivity contribution in [3.05, 3.63) is 48.3 Å². The molecule has 2 aromatic rings. The average Bonchev–Trinajstić information content (AvgIpc) is 2.30. The maximum Gasteiger partial charge on any atom is 0.159 e. The first kappa shape index (κ1) is 8.46. The molecule has 0 aliphatic heterocycles. The van der Waals surface area contributed by atoms with Gasteiger partial charge in [0.1, 0.15) is 0 Å². The summed E-state index contributed by atoms with van der Waals surface area (Å²) in [5.74, 6) is 3.28. The number of hydrogen-bond acceptors (Lipinski definition) is 2. The van der Waals surface area contributed by atoms with Gasteiger partial charge in [-0.25, -0.2) is 9.97 Å². The molecule has 0 aliphatic rings. The summed E-state index contributed by atoms with van der Waals surface area (Å²) in [5.41, 5.74) is 1.79. The number of rotatable bonds is 1. The van der Waals surface area contributed by atoms with Crippen LogP contribution in [-0.2, 0) is 0 Å². The molecule has 1 aromatic heterocycles. The van der Waals surface area contributed by atoms with E-state index in [1.54, 1.807) is 18.5 Å². The smallest absolute Gasteiger partial charge is 0.159 e. The van der Waals surface area contributed by atoms with Gasteiger partial charge < -0.3 is 0 Å². The lowest BCUT2D eigenvalue weighted by Gasteiger charge is -1.98. The van der Waals surface area contributed by atoms with Crippen LogP contribution in [0.4, 0.5) is 0 Å². The van der Waals surface area contributed by atoms with Crippen molar-refractivity contribution in [3.8, 4) is 23.7 Å². The largest absolute Gasteiger partial charge is 0.237 e. The van der Waals surface area contributed by atoms with Gasteiger partial charge in [-0.15, -0.1) is 6.42 Å². The zero-order chi connectivity index (χ0) is 9.80. The molecule has 0 saturated heterocycles. The number of hydrogen-bond donors (Lipinski definition) is 0. The molecule has 0 N–H and O–H groups in total. The molecule has 0 saturated carbocycles. The van der Waals surface area contributed by atoms with Crippen LogP contribution in [-0.4, -0.2) is 9.97 Å². The van der Waals surface area contributed by atoms with Crippen LogP contribution in [0.3, 0.4) is 0 Å². The third kappa shape index (κ3) is 1.62. The molecule has 0 bridgehead atoms. The average molecular weight is 180 g/mol. The second kappa shape index (κ2) is 3.71. The van der Waals surface area contributed by atoms with Gasteiger partial charge in [0.25, 0.3) is 0 Å². The van der Waals surface area contributed by atoms with Crippen LogP contribution in [0.15, 0.2) is 42.7 Å². The maximum atomic E-state index is 5.31. The van der Waals surface area contributed by atoms with Crippen molar-refractivity contribution in [2.75, 3.05) is 0 Å². The Morgan fingerprint density at radius 3 is 2.57 bits per heavy atom. The summed E-state index contributed by atoms with van der Waals surface area (Å²) in [7, 11) is 0. The Morgan fingerprint density at radius 1 is 1.07 bits per heavy atom. The first-order valence-corrected chi connectivity index (χ1v) is 4.24. The fraction of sp³-hybridized carbons (Fsp3) is 0. The molecule has 0 atom stereocenters. The van der Waals surface area contributed by atoms with Crippen LogP contribution in [0.2, 0.25) is 0 Å². The Bertz CT molecular complexity index is 469. The predicted molar refractivity (Wildman–Crippen MR) is 55.4 cm³/mol. The minimum Gasteiger partial charge on any atom is -0.237 e. The van der Waals surface area contributed by atoms with E-state index < -0.39 is 0 Å². The number of aromatic nitrogens is 2. The summed E-state index contributed by atoms with van der Waals surface area (Å²) < 4.78 is 0. The van der Waals surface area contributed by atoms with E-state index in [9.17, 15) is 0 Å². The van der Waals surface area contributed by atoms with Crippen molar-refractivity contribution in [3.63, 3.8) is 0 Å². The molecular weight excluding hydrogens is 172 g/mol. The van der Waals surface area contributed by atoms with Crippen LogP contribution < -0.4 is 0 Å². The van der Waals surface area contributed by atoms with Crippen LogP contribution in [0.5, 0.6) is 0 Å². The highest BCUT2D eigenvalue weighted by atomic mass is 14.8. The highest BCUT2D eigenvalue weighted by molar-refractivity contribution is 5.57. The van der Waals surface area contributed by atoms with Crippen LogP contribution in [0.1, 0.15) is 5.56 Å². The molecule has 1 heterocycles. The summed E-state index contributed by atoms with van der Waals surface area (Å²) in [5, 5.41) is 0. The maximum absolute atomic E-state index is 5.31. The van der Waals surface area contributed by atoms with Crippen molar-refractivity contribution >= 4 is 0 Å². The van der Waals surface area contributed by atoms with Gasteiger partial charge >= 0.3 is 0 Å². The van der Waals surface area contributed by atoms with Gasteiger partial charge in [0.05, 0.1) is 0 Å². The highest BCUT2D eigenvalue weighted by Gasteiger charge is 1.98. The zero-order valence-corrected chi connectivity index (χ0v) is 7.51. The fourth-order valence-electron chi connectivity index (χ4n) is 1.20. The quantitative estimate of drug-likeness (QED) is 0.628. The first-order valence-electron chi connectivity index (χ1n) is 4.24. The molecule has 0 amide bonds. The topological polar surface area (TPSA) is 25.8 Å². The monoisotopic (exact) mass is 180 g/mol. The molecule has 0 unspecified atom stereocenters. The van der Waals surface area contributed by atoms with E-state index in [0.29, 0.717) is 5.82 Å². The van der Waals surface area contributed by atoms with Gasteiger partial charge in [0.2, 0.25) is 0 Å². The molecule has 0 aliphatic carbocycles. The van der Waals surface area contributed by atoms with Crippen molar-refractivity contribution < 1.29 is 0 Å². The van der Waals surface area contributed by atoms with E-state index in [-0.39, 0.29) is 0 Å². The molecule has 0 fully saturated rings. The molecule has 2 heteroatoms. The molecule has 1 aromatic carbocycles. The van der Waals surface area contributed by atoms with Crippen LogP contribution >= 0.6 is 0 Å². The molecule has 66 valence electrons. The number of nitrogens with zero attached hydrogens (tertiary/aromatic N) is 2. The molecule has 0 spiro atoms. The van der Waals surface area contributed by atoms with Gasteiger partial charge in [0.15, 0.2) is 5.82 Å². The lowest BCUT2D eigenvalue weighted by atomic mass is 10.1. The van der Waals surface area contributed by atoms with Crippen molar-refractivity contribution in [2.45, 2.75) is 0 Å². The molecule has 0 radical (unpaired) electrons. The van der Waals surface area contributed by atoms with Crippen LogP contribution in [0.25, 0.3) is 11.4 Å². The van der Waals surface area contributed by atoms with Gasteiger partial charge in [-0.3, -0.25) is 0 Å². The third-order valence-electron chi connectivity index (χ3n) is 1.85. The van der Waals surface area contributed by atoms with Crippen LogP contribution in [0, 0.1) is 12.3 Å². The summed E-state index contributed by atoms with van der Waals surface area (Å²) >= 11 is 0. The number of terminal acetylenes is 1. The van der Waals surface area contributed by atoms with Crippen molar-refractivity contribution in [2.24, 2.45) is 0 Å². The lowest BCUT2D eigenvalue weighted by Crippen LogP contribution is -1.86. The molecule has 2 nitrogen and oxygen atoms in total. The molecular formula is C12H8N2. The standard InChI is InChI=1S/C12H8N2/c1-2-10-5-3-6-11(9-10)12-13-7-4-8-14-12/h1,3-9H. The van der Waals surface area contributed by atoms with Crippen molar-refractivity contribution in [1.29, 1.82) is 0 Å². The first-order chi connectivity index (χ1) is 6.90. The highest BCUT2D eigenvalue weighted by Crippen LogP contribution is 2.14. The Labute approximate surface area is 82.7 Å². The SMILES string of the molecule is C#Cc1cccc(-c2ncccn2)c1. The summed E-state index contributed by atoms with van der Waals surface area (Å²) in [6, 6.07) is 9.41. The minimum atomic E-state index is 0.699.